The number of carbonyl (C=O) groups is 3. The summed E-state index contributed by atoms with van der Waals surface area (Å²) < 4.78 is 5.96. The highest BCUT2D eigenvalue weighted by Gasteiger charge is 2.38. The number of ketones is 1. The van der Waals surface area contributed by atoms with E-state index in [0.717, 1.165) is 57.8 Å². The van der Waals surface area contributed by atoms with Gasteiger partial charge in [0.2, 0.25) is 5.91 Å². The molecule has 258 valence electrons. The Morgan fingerprint density at radius 1 is 0.711 bits per heavy atom. The van der Waals surface area contributed by atoms with Crippen molar-refractivity contribution in [3.8, 4) is 0 Å². The van der Waals surface area contributed by atoms with Crippen molar-refractivity contribution in [2.45, 2.75) is 193 Å². The molecule has 0 spiro atoms. The van der Waals surface area contributed by atoms with Crippen LogP contribution in [0.3, 0.4) is 0 Å². The maximum atomic E-state index is 13.3. The highest BCUT2D eigenvalue weighted by molar-refractivity contribution is 6.00. The summed E-state index contributed by atoms with van der Waals surface area (Å²) in [5.74, 6) is -1.34. The maximum absolute atomic E-state index is 13.3. The number of ether oxygens (including phenoxy) is 1. The van der Waals surface area contributed by atoms with Crippen molar-refractivity contribution in [3.05, 3.63) is 36.5 Å². The summed E-state index contributed by atoms with van der Waals surface area (Å²) in [6.07, 6.45) is 40.5. The lowest BCUT2D eigenvalue weighted by molar-refractivity contribution is -0.168. The second kappa shape index (κ2) is 28.1. The van der Waals surface area contributed by atoms with Crippen LogP contribution in [0.25, 0.3) is 0 Å². The van der Waals surface area contributed by atoms with Crippen LogP contribution in [0.15, 0.2) is 36.5 Å². The third-order valence-electron chi connectivity index (χ3n) is 8.97. The van der Waals surface area contributed by atoms with Crippen LogP contribution < -0.4 is 5.32 Å². The van der Waals surface area contributed by atoms with E-state index in [1.165, 1.54) is 90.4 Å². The molecule has 1 amide bonds. The van der Waals surface area contributed by atoms with Crippen LogP contribution in [-0.4, -0.2) is 23.4 Å². The van der Waals surface area contributed by atoms with Crippen LogP contribution in [-0.2, 0) is 19.1 Å². The SMILES string of the molecule is CCCCCC=CCC=CCCCCCCCC(=O)OC1(NC(=O)C(CCCCCCCCCCCC)C(C)=O)CC=CCC1. The van der Waals surface area contributed by atoms with E-state index < -0.39 is 11.6 Å². The van der Waals surface area contributed by atoms with Crippen LogP contribution >= 0.6 is 0 Å². The zero-order chi connectivity index (χ0) is 32.9. The number of nitrogens with one attached hydrogen (secondary N) is 1. The van der Waals surface area contributed by atoms with E-state index in [0.29, 0.717) is 25.7 Å². The summed E-state index contributed by atoms with van der Waals surface area (Å²) in [5, 5.41) is 3.02. The standard InChI is InChI=1S/C40H69NO4/c1-4-6-8-10-12-14-16-17-18-19-20-22-24-26-29-33-38(43)45-40(34-30-27-31-35-40)41-39(44)37(36(3)42)32-28-25-23-21-15-13-11-9-7-5-2/h12,14,17-18,27,30,37H,4-11,13,15-16,19-26,28-29,31-35H2,1-3H3,(H,41,44). The minimum atomic E-state index is -1.04. The van der Waals surface area contributed by atoms with E-state index >= 15 is 0 Å². The van der Waals surface area contributed by atoms with Gasteiger partial charge < -0.3 is 10.1 Å². The fourth-order valence-electron chi connectivity index (χ4n) is 6.06. The Hall–Kier alpha value is -2.17. The van der Waals surface area contributed by atoms with Gasteiger partial charge in [0.1, 0.15) is 5.78 Å². The number of hydrogen-bond donors (Lipinski definition) is 1. The van der Waals surface area contributed by atoms with Gasteiger partial charge in [-0.1, -0.05) is 147 Å². The number of esters is 1. The molecule has 5 heteroatoms. The number of Topliss-reactive ketones (excluding diaryl/α,β-unsaturated/α-hetero) is 1. The second-order valence-electron chi connectivity index (χ2n) is 13.3. The maximum Gasteiger partial charge on any atom is 0.307 e. The van der Waals surface area contributed by atoms with Gasteiger partial charge in [-0.15, -0.1) is 0 Å². The van der Waals surface area contributed by atoms with Crippen molar-refractivity contribution in [2.24, 2.45) is 5.92 Å². The Kier molecular flexibility index (Phi) is 25.5. The summed E-state index contributed by atoms with van der Waals surface area (Å²) in [6, 6.07) is 0. The van der Waals surface area contributed by atoms with Gasteiger partial charge in [-0.05, 0) is 58.3 Å². The Balaban J connectivity index is 2.31. The third-order valence-corrected chi connectivity index (χ3v) is 8.97. The van der Waals surface area contributed by atoms with Crippen LogP contribution in [0, 0.1) is 5.92 Å². The van der Waals surface area contributed by atoms with Gasteiger partial charge in [-0.2, -0.15) is 0 Å². The van der Waals surface area contributed by atoms with E-state index in [4.69, 9.17) is 4.74 Å². The summed E-state index contributed by atoms with van der Waals surface area (Å²) in [6.45, 7) is 5.98. The molecule has 1 aliphatic rings. The molecule has 1 aliphatic carbocycles. The minimum Gasteiger partial charge on any atom is -0.439 e. The second-order valence-corrected chi connectivity index (χ2v) is 13.3. The Bertz CT molecular complexity index is 860. The minimum absolute atomic E-state index is 0.110. The highest BCUT2D eigenvalue weighted by atomic mass is 16.6. The fourth-order valence-corrected chi connectivity index (χ4v) is 6.06. The monoisotopic (exact) mass is 628 g/mol. The van der Waals surface area contributed by atoms with Crippen LogP contribution in [0.1, 0.15) is 188 Å². The molecule has 0 aromatic rings. The van der Waals surface area contributed by atoms with Gasteiger partial charge in [-0.25, -0.2) is 0 Å². The first-order valence-electron chi connectivity index (χ1n) is 18.9. The summed E-state index contributed by atoms with van der Waals surface area (Å²) in [5.41, 5.74) is -1.04. The van der Waals surface area contributed by atoms with Crippen molar-refractivity contribution < 1.29 is 19.1 Å². The lowest BCUT2D eigenvalue weighted by atomic mass is 9.92. The molecular weight excluding hydrogens is 558 g/mol. The molecule has 0 saturated carbocycles. The van der Waals surface area contributed by atoms with E-state index in [-0.39, 0.29) is 17.7 Å². The van der Waals surface area contributed by atoms with Crippen molar-refractivity contribution >= 4 is 17.7 Å². The first-order valence-corrected chi connectivity index (χ1v) is 18.9. The predicted octanol–water partition coefficient (Wildman–Crippen LogP) is 11.4. The van der Waals surface area contributed by atoms with Gasteiger partial charge in [-0.3, -0.25) is 14.4 Å². The number of rotatable bonds is 29. The number of amides is 1. The number of unbranched alkanes of at least 4 members (excludes halogenated alkanes) is 17. The molecule has 1 rings (SSSR count). The molecule has 0 fully saturated rings. The molecule has 45 heavy (non-hydrogen) atoms. The molecule has 0 aromatic heterocycles. The van der Waals surface area contributed by atoms with Crippen molar-refractivity contribution in [1.82, 2.24) is 5.32 Å². The van der Waals surface area contributed by atoms with Crippen molar-refractivity contribution in [1.29, 1.82) is 0 Å². The topological polar surface area (TPSA) is 72.5 Å². The van der Waals surface area contributed by atoms with Gasteiger partial charge >= 0.3 is 5.97 Å². The normalized spacial score (nSPS) is 17.2. The number of carbonyl (C=O) groups excluding carboxylic acids is 3. The molecule has 0 bridgehead atoms. The Morgan fingerprint density at radius 3 is 1.82 bits per heavy atom. The van der Waals surface area contributed by atoms with Crippen LogP contribution in [0.5, 0.6) is 0 Å². The molecule has 0 radical (unpaired) electrons. The lowest BCUT2D eigenvalue weighted by Crippen LogP contribution is -2.54. The van der Waals surface area contributed by atoms with Gasteiger partial charge in [0.25, 0.3) is 0 Å². The summed E-state index contributed by atoms with van der Waals surface area (Å²) in [7, 11) is 0. The molecule has 2 atom stereocenters. The zero-order valence-electron chi connectivity index (χ0n) is 29.6. The first-order chi connectivity index (χ1) is 21.9. The molecule has 0 aliphatic heterocycles. The molecule has 0 aromatic carbocycles. The molecule has 1 N–H and O–H groups in total. The third kappa shape index (κ3) is 22.1. The smallest absolute Gasteiger partial charge is 0.307 e. The lowest BCUT2D eigenvalue weighted by Gasteiger charge is -2.36. The first kappa shape index (κ1) is 40.9. The average Bonchev–Trinajstić information content (AvgIpc) is 3.01. The van der Waals surface area contributed by atoms with E-state index in [1.807, 2.05) is 6.08 Å². The summed E-state index contributed by atoms with van der Waals surface area (Å²) >= 11 is 0. The van der Waals surface area contributed by atoms with E-state index in [9.17, 15) is 14.4 Å². The zero-order valence-corrected chi connectivity index (χ0v) is 29.6. The van der Waals surface area contributed by atoms with Gasteiger partial charge in [0, 0.05) is 19.3 Å². The van der Waals surface area contributed by atoms with Gasteiger partial charge in [0.05, 0.1) is 5.92 Å². The van der Waals surface area contributed by atoms with E-state index in [1.54, 1.807) is 0 Å². The fraction of sp³-hybridized carbons (Fsp3) is 0.775. The van der Waals surface area contributed by atoms with Crippen molar-refractivity contribution in [3.63, 3.8) is 0 Å². The summed E-state index contributed by atoms with van der Waals surface area (Å²) in [4.78, 5) is 38.5. The number of hydrogen-bond acceptors (Lipinski definition) is 4. The van der Waals surface area contributed by atoms with Gasteiger partial charge in [0.15, 0.2) is 5.72 Å². The number of allylic oxidation sites excluding steroid dienone is 5. The van der Waals surface area contributed by atoms with E-state index in [2.05, 4.69) is 49.5 Å². The highest BCUT2D eigenvalue weighted by Crippen LogP contribution is 2.27. The Morgan fingerprint density at radius 2 is 1.24 bits per heavy atom. The van der Waals surface area contributed by atoms with Crippen molar-refractivity contribution in [2.75, 3.05) is 0 Å². The van der Waals surface area contributed by atoms with Crippen LogP contribution in [0.2, 0.25) is 0 Å². The Labute approximate surface area is 277 Å². The average molecular weight is 628 g/mol. The quantitative estimate of drug-likeness (QED) is 0.0294. The molecule has 0 saturated heterocycles. The van der Waals surface area contributed by atoms with Crippen LogP contribution in [0.4, 0.5) is 0 Å². The molecule has 5 nitrogen and oxygen atoms in total. The molecular formula is C40H69NO4. The predicted molar refractivity (Wildman–Crippen MR) is 190 cm³/mol. The molecule has 2 unspecified atom stereocenters. The molecule has 0 heterocycles. The largest absolute Gasteiger partial charge is 0.439 e.